The van der Waals surface area contributed by atoms with Crippen LogP contribution in [0.1, 0.15) is 29.5 Å². The van der Waals surface area contributed by atoms with E-state index in [1.165, 1.54) is 18.9 Å². The van der Waals surface area contributed by atoms with Crippen molar-refractivity contribution in [2.75, 3.05) is 11.9 Å². The number of anilines is 1. The number of benzene rings is 3. The van der Waals surface area contributed by atoms with Crippen molar-refractivity contribution in [2.24, 2.45) is 0 Å². The van der Waals surface area contributed by atoms with Gasteiger partial charge in [-0.05, 0) is 42.3 Å². The molecule has 0 radical (unpaired) electrons. The van der Waals surface area contributed by atoms with E-state index in [-0.39, 0.29) is 11.6 Å². The zero-order chi connectivity index (χ0) is 23.7. The first-order chi connectivity index (χ1) is 14.9. The second kappa shape index (κ2) is 8.68. The van der Waals surface area contributed by atoms with Crippen LogP contribution in [0.15, 0.2) is 72.8 Å². The van der Waals surface area contributed by atoms with Gasteiger partial charge in [0, 0.05) is 12.6 Å². The van der Waals surface area contributed by atoms with Gasteiger partial charge in [-0.25, -0.2) is 0 Å². The number of rotatable bonds is 4. The van der Waals surface area contributed by atoms with Gasteiger partial charge < -0.3 is 4.90 Å². The van der Waals surface area contributed by atoms with E-state index in [2.05, 4.69) is 0 Å². The fraction of sp³-hybridized carbons (Fsp3) is 0.208. The Labute approximate surface area is 181 Å². The lowest BCUT2D eigenvalue weighted by Crippen LogP contribution is -2.31. The molecule has 3 aromatic carbocycles. The van der Waals surface area contributed by atoms with Crippen molar-refractivity contribution in [1.82, 2.24) is 0 Å². The number of halogens is 6. The predicted octanol–water partition coefficient (Wildman–Crippen LogP) is 7.16. The minimum atomic E-state index is -4.98. The van der Waals surface area contributed by atoms with E-state index in [0.717, 1.165) is 5.56 Å². The Morgan fingerprint density at radius 2 is 1.28 bits per heavy atom. The van der Waals surface area contributed by atoms with Gasteiger partial charge in [-0.15, -0.1) is 0 Å². The number of amides is 1. The fourth-order valence-electron chi connectivity index (χ4n) is 3.41. The van der Waals surface area contributed by atoms with Crippen molar-refractivity contribution in [3.8, 4) is 11.1 Å². The molecule has 0 aliphatic heterocycles. The molecule has 0 fully saturated rings. The van der Waals surface area contributed by atoms with Gasteiger partial charge in [0.25, 0.3) is 0 Å². The Morgan fingerprint density at radius 3 is 1.81 bits per heavy atom. The van der Waals surface area contributed by atoms with E-state index >= 15 is 0 Å². The molecule has 0 bridgehead atoms. The van der Waals surface area contributed by atoms with Gasteiger partial charge in [0.05, 0.1) is 22.7 Å². The molecule has 0 N–H and O–H groups in total. The summed E-state index contributed by atoms with van der Waals surface area (Å²) >= 11 is 0. The maximum atomic E-state index is 13.2. The van der Waals surface area contributed by atoms with Gasteiger partial charge in [0.15, 0.2) is 0 Å². The molecule has 0 spiro atoms. The van der Waals surface area contributed by atoms with Crippen LogP contribution in [0.4, 0.5) is 32.0 Å². The molecular formula is C24H19F6NO. The van der Waals surface area contributed by atoms with Crippen LogP contribution in [0.5, 0.6) is 0 Å². The minimum Gasteiger partial charge on any atom is -0.314 e. The summed E-state index contributed by atoms with van der Waals surface area (Å²) in [4.78, 5) is 14.4. The molecule has 8 heteroatoms. The average molecular weight is 451 g/mol. The highest BCUT2D eigenvalue weighted by molar-refractivity contribution is 6.00. The van der Waals surface area contributed by atoms with Crippen LogP contribution in [0.3, 0.4) is 0 Å². The number of carbonyl (C=O) groups is 1. The number of hydrogen-bond acceptors (Lipinski definition) is 1. The molecule has 2 nitrogen and oxygen atoms in total. The monoisotopic (exact) mass is 451 g/mol. The van der Waals surface area contributed by atoms with Gasteiger partial charge in [-0.1, -0.05) is 48.5 Å². The maximum absolute atomic E-state index is 13.2. The first-order valence-corrected chi connectivity index (χ1v) is 9.61. The number of carbonyl (C=O) groups excluding carboxylic acids is 1. The molecule has 1 amide bonds. The van der Waals surface area contributed by atoms with E-state index in [4.69, 9.17) is 0 Å². The molecule has 168 valence electrons. The Morgan fingerprint density at radius 1 is 0.781 bits per heavy atom. The van der Waals surface area contributed by atoms with Crippen molar-refractivity contribution in [2.45, 2.75) is 25.2 Å². The highest BCUT2D eigenvalue weighted by Gasteiger charge is 2.38. The minimum absolute atomic E-state index is 0.0507. The van der Waals surface area contributed by atoms with Gasteiger partial charge in [0.2, 0.25) is 5.91 Å². The SMILES string of the molecule is C[C@@H](C(=O)N(C)c1ccccc1-c1ccccc1)c1cc(C(F)(F)F)cc(C(F)(F)F)c1. The molecule has 0 aromatic heterocycles. The predicted molar refractivity (Wildman–Crippen MR) is 110 cm³/mol. The summed E-state index contributed by atoms with van der Waals surface area (Å²) in [5.41, 5.74) is -1.26. The lowest BCUT2D eigenvalue weighted by Gasteiger charge is -2.25. The molecule has 0 aliphatic rings. The van der Waals surface area contributed by atoms with Crippen molar-refractivity contribution in [3.05, 3.63) is 89.5 Å². The molecule has 32 heavy (non-hydrogen) atoms. The van der Waals surface area contributed by atoms with Crippen LogP contribution < -0.4 is 4.90 Å². The quantitative estimate of drug-likeness (QED) is 0.386. The first-order valence-electron chi connectivity index (χ1n) is 9.61. The second-order valence-electron chi connectivity index (χ2n) is 7.34. The topological polar surface area (TPSA) is 20.3 Å². The van der Waals surface area contributed by atoms with Gasteiger partial charge >= 0.3 is 12.4 Å². The summed E-state index contributed by atoms with van der Waals surface area (Å²) < 4.78 is 79.2. The summed E-state index contributed by atoms with van der Waals surface area (Å²) in [6.45, 7) is 1.29. The molecule has 0 aliphatic carbocycles. The maximum Gasteiger partial charge on any atom is 0.416 e. The summed E-state index contributed by atoms with van der Waals surface area (Å²) in [5, 5.41) is 0. The summed E-state index contributed by atoms with van der Waals surface area (Å²) in [6, 6.07) is 17.3. The van der Waals surface area contributed by atoms with Crippen LogP contribution in [0, 0.1) is 0 Å². The fourth-order valence-corrected chi connectivity index (χ4v) is 3.41. The Kier molecular flexibility index (Phi) is 6.34. The third-order valence-electron chi connectivity index (χ3n) is 5.16. The summed E-state index contributed by atoms with van der Waals surface area (Å²) in [5.74, 6) is -1.88. The van der Waals surface area contributed by atoms with Crippen LogP contribution in [0.25, 0.3) is 11.1 Å². The van der Waals surface area contributed by atoms with Crippen molar-refractivity contribution >= 4 is 11.6 Å². The Hall–Kier alpha value is -3.29. The molecule has 0 heterocycles. The number of para-hydroxylation sites is 1. The zero-order valence-corrected chi connectivity index (χ0v) is 17.1. The van der Waals surface area contributed by atoms with E-state index < -0.39 is 35.3 Å². The van der Waals surface area contributed by atoms with Gasteiger partial charge in [-0.3, -0.25) is 4.79 Å². The normalized spacial score (nSPS) is 13.0. The largest absolute Gasteiger partial charge is 0.416 e. The third kappa shape index (κ3) is 4.95. The highest BCUT2D eigenvalue weighted by Crippen LogP contribution is 2.38. The first kappa shape index (κ1) is 23.4. The summed E-state index contributed by atoms with van der Waals surface area (Å²) in [6.07, 6.45) is -9.96. The Balaban J connectivity index is 2.01. The average Bonchev–Trinajstić information content (AvgIpc) is 2.76. The highest BCUT2D eigenvalue weighted by atomic mass is 19.4. The van der Waals surface area contributed by atoms with Gasteiger partial charge in [-0.2, -0.15) is 26.3 Å². The molecule has 3 aromatic rings. The van der Waals surface area contributed by atoms with Crippen molar-refractivity contribution in [1.29, 1.82) is 0 Å². The van der Waals surface area contributed by atoms with Crippen molar-refractivity contribution < 1.29 is 31.1 Å². The van der Waals surface area contributed by atoms with Crippen LogP contribution >= 0.6 is 0 Å². The molecule has 0 saturated heterocycles. The smallest absolute Gasteiger partial charge is 0.314 e. The van der Waals surface area contributed by atoms with Crippen LogP contribution in [0.2, 0.25) is 0 Å². The standard InChI is InChI=1S/C24H19F6NO/c1-15(17-12-18(23(25,26)27)14-19(13-17)24(28,29)30)22(32)31(2)21-11-7-6-10-20(21)16-8-4-3-5-9-16/h3-15H,1-2H3/t15-/m1/s1. The molecule has 0 saturated carbocycles. The lowest BCUT2D eigenvalue weighted by atomic mass is 9.94. The molecular weight excluding hydrogens is 432 g/mol. The van der Waals surface area contributed by atoms with Crippen LogP contribution in [-0.2, 0) is 17.1 Å². The van der Waals surface area contributed by atoms with E-state index in [0.29, 0.717) is 23.4 Å². The third-order valence-corrected chi connectivity index (χ3v) is 5.16. The number of nitrogens with zero attached hydrogens (tertiary/aromatic N) is 1. The lowest BCUT2D eigenvalue weighted by molar-refractivity contribution is -0.143. The van der Waals surface area contributed by atoms with E-state index in [1.807, 2.05) is 30.3 Å². The van der Waals surface area contributed by atoms with Crippen molar-refractivity contribution in [3.63, 3.8) is 0 Å². The molecule has 0 unspecified atom stereocenters. The van der Waals surface area contributed by atoms with E-state index in [9.17, 15) is 31.1 Å². The summed E-state index contributed by atoms with van der Waals surface area (Å²) in [7, 11) is 1.44. The molecule has 1 atom stereocenters. The number of alkyl halides is 6. The zero-order valence-electron chi connectivity index (χ0n) is 17.1. The second-order valence-corrected chi connectivity index (χ2v) is 7.34. The number of hydrogen-bond donors (Lipinski definition) is 0. The van der Waals surface area contributed by atoms with Gasteiger partial charge in [0.1, 0.15) is 0 Å². The van der Waals surface area contributed by atoms with E-state index in [1.54, 1.807) is 24.3 Å². The molecule has 3 rings (SSSR count). The number of likely N-dealkylation sites (N-methyl/N-ethyl adjacent to an activating group) is 1. The van der Waals surface area contributed by atoms with Crippen LogP contribution in [-0.4, -0.2) is 13.0 Å². The Bertz CT molecular complexity index is 1070.